The van der Waals surface area contributed by atoms with Crippen molar-refractivity contribution < 1.29 is 14.7 Å². The average Bonchev–Trinajstić information content (AvgIpc) is 3.03. The first-order valence-corrected chi connectivity index (χ1v) is 17.4. The number of hydrogen-bond donors (Lipinski definition) is 3. The number of piperidine rings is 3. The van der Waals surface area contributed by atoms with Gasteiger partial charge in [0.2, 0.25) is 0 Å². The third kappa shape index (κ3) is 10.3. The number of carbonyl (C=O) groups excluding carboxylic acids is 1. The number of likely N-dealkylation sites (tertiary alicyclic amines) is 3. The van der Waals surface area contributed by atoms with E-state index in [0.717, 1.165) is 94.7 Å². The summed E-state index contributed by atoms with van der Waals surface area (Å²) in [6.07, 6.45) is 7.26. The number of nitrogens with one attached hydrogen (secondary N) is 2. The molecule has 5 rings (SSSR count). The zero-order valence-corrected chi connectivity index (χ0v) is 28.1. The minimum atomic E-state index is -0.702. The van der Waals surface area contributed by atoms with Crippen LogP contribution in [0.3, 0.4) is 0 Å². The first-order valence-electron chi connectivity index (χ1n) is 16.7. The van der Waals surface area contributed by atoms with E-state index in [0.29, 0.717) is 22.5 Å². The molecule has 246 valence electrons. The molecule has 2 aromatic rings. The summed E-state index contributed by atoms with van der Waals surface area (Å²) in [5.41, 5.74) is 4.84. The Labute approximate surface area is 278 Å². The Morgan fingerprint density at radius 1 is 0.733 bits per heavy atom. The number of aliphatic carboxylic acids is 1. The molecule has 3 saturated heterocycles. The van der Waals surface area contributed by atoms with Crippen molar-refractivity contribution in [2.75, 3.05) is 59.4 Å². The number of halogens is 2. The van der Waals surface area contributed by atoms with Gasteiger partial charge in [-0.1, -0.05) is 29.3 Å². The highest BCUT2D eigenvalue weighted by atomic mass is 35.5. The zero-order valence-electron chi connectivity index (χ0n) is 26.6. The van der Waals surface area contributed by atoms with Crippen LogP contribution in [0.2, 0.25) is 10.0 Å². The van der Waals surface area contributed by atoms with Crippen LogP contribution < -0.4 is 10.6 Å². The third-order valence-electron chi connectivity index (χ3n) is 10.1. The maximum absolute atomic E-state index is 11.6. The summed E-state index contributed by atoms with van der Waals surface area (Å²) in [5.74, 6) is 1.35. The molecule has 0 bridgehead atoms. The number of amides is 2. The van der Waals surface area contributed by atoms with Gasteiger partial charge in [0.15, 0.2) is 0 Å². The quantitative estimate of drug-likeness (QED) is 0.267. The molecule has 3 aliphatic heterocycles. The van der Waals surface area contributed by atoms with E-state index >= 15 is 0 Å². The third-order valence-corrected chi connectivity index (χ3v) is 10.6. The van der Waals surface area contributed by atoms with Gasteiger partial charge in [0.25, 0.3) is 0 Å². The van der Waals surface area contributed by atoms with Crippen molar-refractivity contribution in [1.82, 2.24) is 25.3 Å². The number of urea groups is 1. The highest BCUT2D eigenvalue weighted by Gasteiger charge is 2.30. The van der Waals surface area contributed by atoms with E-state index in [2.05, 4.69) is 43.5 Å². The predicted molar refractivity (Wildman–Crippen MR) is 182 cm³/mol. The first kappa shape index (κ1) is 34.0. The standard InChI is InChI=1S/C35H49Cl2N5O3/c1-38-35(45)39-22-25-2-9-41(10-3-25)23-26-16-27(18-30(17-26)31-19-32(36)21-33(37)20-31)24-42-13-6-29(7-14-42)28-4-11-40(12-5-28)15-8-34(43)44/h16-21,25,28-29H,2-15,22-24H2,1H3,(H,43,44)(H2,38,39,45). The van der Waals surface area contributed by atoms with Gasteiger partial charge in [-0.3, -0.25) is 14.6 Å². The summed E-state index contributed by atoms with van der Waals surface area (Å²) in [6.45, 7) is 9.58. The molecule has 3 N–H and O–H groups in total. The van der Waals surface area contributed by atoms with Crippen LogP contribution in [0, 0.1) is 17.8 Å². The Morgan fingerprint density at radius 2 is 1.22 bits per heavy atom. The van der Waals surface area contributed by atoms with Crippen molar-refractivity contribution in [2.45, 2.75) is 58.0 Å². The van der Waals surface area contributed by atoms with E-state index in [4.69, 9.17) is 28.3 Å². The van der Waals surface area contributed by atoms with Gasteiger partial charge >= 0.3 is 12.0 Å². The topological polar surface area (TPSA) is 88.2 Å². The van der Waals surface area contributed by atoms with Gasteiger partial charge in [-0.25, -0.2) is 4.79 Å². The molecule has 3 aliphatic rings. The minimum absolute atomic E-state index is 0.109. The number of benzene rings is 2. The second-order valence-corrected chi connectivity index (χ2v) is 14.2. The molecule has 0 saturated carbocycles. The van der Waals surface area contributed by atoms with E-state index < -0.39 is 5.97 Å². The van der Waals surface area contributed by atoms with E-state index in [1.807, 2.05) is 12.1 Å². The molecule has 0 unspecified atom stereocenters. The molecule has 3 fully saturated rings. The number of rotatable bonds is 11. The monoisotopic (exact) mass is 657 g/mol. The maximum atomic E-state index is 11.6. The predicted octanol–water partition coefficient (Wildman–Crippen LogP) is 6.20. The molecule has 0 spiro atoms. The van der Waals surface area contributed by atoms with E-state index in [1.165, 1.54) is 36.8 Å². The molecule has 2 amide bonds. The molecule has 0 radical (unpaired) electrons. The van der Waals surface area contributed by atoms with Crippen LogP contribution in [-0.2, 0) is 17.9 Å². The van der Waals surface area contributed by atoms with Crippen molar-refractivity contribution in [3.05, 3.63) is 57.6 Å². The zero-order chi connectivity index (χ0) is 31.8. The first-order chi connectivity index (χ1) is 21.7. The smallest absolute Gasteiger partial charge is 0.314 e. The lowest BCUT2D eigenvalue weighted by Crippen LogP contribution is -2.41. The molecule has 8 nitrogen and oxygen atoms in total. The van der Waals surface area contributed by atoms with Crippen LogP contribution in [0.5, 0.6) is 0 Å². The van der Waals surface area contributed by atoms with E-state index in [-0.39, 0.29) is 12.5 Å². The Balaban J connectivity index is 1.19. The lowest BCUT2D eigenvalue weighted by molar-refractivity contribution is -0.137. The Morgan fingerprint density at radius 3 is 1.73 bits per heavy atom. The Kier molecular flexibility index (Phi) is 12.4. The SMILES string of the molecule is CNC(=O)NCC1CCN(Cc2cc(CN3CCC(C4CCN(CCC(=O)O)CC4)CC3)cc(-c3cc(Cl)cc(Cl)c3)c2)CC1. The lowest BCUT2D eigenvalue weighted by Gasteiger charge is -2.40. The Hall–Kier alpha value is -2.36. The van der Waals surface area contributed by atoms with Crippen LogP contribution in [0.15, 0.2) is 36.4 Å². The maximum Gasteiger partial charge on any atom is 0.314 e. The molecule has 0 aromatic heterocycles. The van der Waals surface area contributed by atoms with Gasteiger partial charge < -0.3 is 20.6 Å². The van der Waals surface area contributed by atoms with Crippen LogP contribution in [0.1, 0.15) is 56.1 Å². The fourth-order valence-electron chi connectivity index (χ4n) is 7.51. The fourth-order valence-corrected chi connectivity index (χ4v) is 8.03. The summed E-state index contributed by atoms with van der Waals surface area (Å²) in [6, 6.07) is 12.7. The van der Waals surface area contributed by atoms with Gasteiger partial charge in [0, 0.05) is 43.3 Å². The van der Waals surface area contributed by atoms with E-state index in [9.17, 15) is 9.59 Å². The van der Waals surface area contributed by atoms with E-state index in [1.54, 1.807) is 13.1 Å². The number of hydrogen-bond acceptors (Lipinski definition) is 5. The average molecular weight is 659 g/mol. The van der Waals surface area contributed by atoms with Gasteiger partial charge in [-0.2, -0.15) is 0 Å². The molecular formula is C35H49Cl2N5O3. The largest absolute Gasteiger partial charge is 0.481 e. The summed E-state index contributed by atoms with van der Waals surface area (Å²) in [5, 5.41) is 15.9. The number of carbonyl (C=O) groups is 2. The number of carboxylic acids is 1. The lowest BCUT2D eigenvalue weighted by atomic mass is 9.78. The highest BCUT2D eigenvalue weighted by molar-refractivity contribution is 6.35. The molecular weight excluding hydrogens is 609 g/mol. The van der Waals surface area contributed by atoms with Crippen molar-refractivity contribution in [2.24, 2.45) is 17.8 Å². The number of carboxylic acid groups (broad SMARTS) is 1. The summed E-state index contributed by atoms with van der Waals surface area (Å²) in [7, 11) is 1.65. The van der Waals surface area contributed by atoms with Gasteiger partial charge in [0.05, 0.1) is 6.42 Å². The van der Waals surface area contributed by atoms with Gasteiger partial charge in [-0.05, 0) is 148 Å². The molecule has 45 heavy (non-hydrogen) atoms. The Bertz CT molecular complexity index is 1270. The van der Waals surface area contributed by atoms with Crippen molar-refractivity contribution >= 4 is 35.2 Å². The highest BCUT2D eigenvalue weighted by Crippen LogP contribution is 2.34. The summed E-state index contributed by atoms with van der Waals surface area (Å²) >= 11 is 12.8. The van der Waals surface area contributed by atoms with Gasteiger partial charge in [-0.15, -0.1) is 0 Å². The van der Waals surface area contributed by atoms with Crippen molar-refractivity contribution in [1.29, 1.82) is 0 Å². The summed E-state index contributed by atoms with van der Waals surface area (Å²) < 4.78 is 0. The minimum Gasteiger partial charge on any atom is -0.481 e. The molecule has 0 atom stereocenters. The van der Waals surface area contributed by atoms with Crippen LogP contribution in [-0.4, -0.2) is 91.2 Å². The van der Waals surface area contributed by atoms with Crippen LogP contribution in [0.4, 0.5) is 4.79 Å². The molecule has 2 aromatic carbocycles. The number of nitrogens with zero attached hydrogens (tertiary/aromatic N) is 3. The van der Waals surface area contributed by atoms with Crippen molar-refractivity contribution in [3.8, 4) is 11.1 Å². The second kappa shape index (κ2) is 16.5. The second-order valence-electron chi connectivity index (χ2n) is 13.3. The van der Waals surface area contributed by atoms with Gasteiger partial charge in [0.1, 0.15) is 0 Å². The van der Waals surface area contributed by atoms with Crippen LogP contribution in [0.25, 0.3) is 11.1 Å². The normalized spacial score (nSPS) is 19.9. The molecule has 10 heteroatoms. The summed E-state index contributed by atoms with van der Waals surface area (Å²) in [4.78, 5) is 30.0. The van der Waals surface area contributed by atoms with Crippen molar-refractivity contribution in [3.63, 3.8) is 0 Å². The molecule has 3 heterocycles. The fraction of sp³-hybridized carbons (Fsp3) is 0.600. The molecule has 0 aliphatic carbocycles. The van der Waals surface area contributed by atoms with Crippen LogP contribution >= 0.6 is 23.2 Å².